The highest BCUT2D eigenvalue weighted by Gasteiger charge is 2.21. The Morgan fingerprint density at radius 2 is 1.76 bits per heavy atom. The van der Waals surface area contributed by atoms with Crippen LogP contribution in [0.2, 0.25) is 0 Å². The zero-order valence-corrected chi connectivity index (χ0v) is 13.2. The number of ketones is 1. The first kappa shape index (κ1) is 17.2. The minimum atomic E-state index is -0.479. The summed E-state index contributed by atoms with van der Waals surface area (Å²) in [4.78, 5) is 23.7. The van der Waals surface area contributed by atoms with Crippen molar-refractivity contribution in [2.24, 2.45) is 5.92 Å². The van der Waals surface area contributed by atoms with Crippen molar-refractivity contribution in [2.75, 3.05) is 0 Å². The van der Waals surface area contributed by atoms with Gasteiger partial charge >= 0.3 is 5.97 Å². The molecule has 0 unspecified atom stereocenters. The van der Waals surface area contributed by atoms with Gasteiger partial charge in [-0.3, -0.25) is 9.59 Å². The Morgan fingerprint density at radius 1 is 1.19 bits per heavy atom. The lowest BCUT2D eigenvalue weighted by atomic mass is 10.00. The van der Waals surface area contributed by atoms with Crippen molar-refractivity contribution in [3.05, 3.63) is 29.8 Å². The number of hydrogen-bond acceptors (Lipinski definition) is 4. The van der Waals surface area contributed by atoms with E-state index in [0.29, 0.717) is 24.8 Å². The fourth-order valence-electron chi connectivity index (χ4n) is 1.88. The van der Waals surface area contributed by atoms with E-state index in [4.69, 9.17) is 4.74 Å². The molecule has 0 spiro atoms. The molecular formula is C17H24O4. The van der Waals surface area contributed by atoms with Crippen molar-refractivity contribution in [2.45, 2.75) is 52.6 Å². The number of carbonyl (C=O) groups excluding carboxylic acids is 2. The van der Waals surface area contributed by atoms with E-state index in [0.717, 1.165) is 0 Å². The van der Waals surface area contributed by atoms with Crippen molar-refractivity contribution in [1.82, 2.24) is 0 Å². The number of hydrogen-bond donors (Lipinski definition) is 1. The van der Waals surface area contributed by atoms with E-state index in [-0.39, 0.29) is 23.4 Å². The summed E-state index contributed by atoms with van der Waals surface area (Å²) < 4.78 is 5.30. The second-order valence-electron chi connectivity index (χ2n) is 6.30. The molecule has 0 saturated heterocycles. The number of carbonyl (C=O) groups is 2. The fraction of sp³-hybridized carbons (Fsp3) is 0.529. The fourth-order valence-corrected chi connectivity index (χ4v) is 1.88. The van der Waals surface area contributed by atoms with E-state index in [1.807, 2.05) is 27.7 Å². The van der Waals surface area contributed by atoms with E-state index < -0.39 is 5.60 Å². The Kier molecular flexibility index (Phi) is 5.94. The van der Waals surface area contributed by atoms with Gasteiger partial charge in [0, 0.05) is 12.0 Å². The number of benzene rings is 1. The summed E-state index contributed by atoms with van der Waals surface area (Å²) in [5.74, 6) is -0.270. The van der Waals surface area contributed by atoms with E-state index in [1.54, 1.807) is 12.1 Å². The van der Waals surface area contributed by atoms with Gasteiger partial charge in [-0.1, -0.05) is 6.92 Å². The molecule has 1 aromatic carbocycles. The lowest BCUT2D eigenvalue weighted by Gasteiger charge is -2.22. The molecule has 4 heteroatoms. The van der Waals surface area contributed by atoms with Crippen LogP contribution in [0.4, 0.5) is 0 Å². The van der Waals surface area contributed by atoms with Crippen LogP contribution in [0.3, 0.4) is 0 Å². The first-order chi connectivity index (χ1) is 9.69. The number of aromatic hydroxyl groups is 1. The summed E-state index contributed by atoms with van der Waals surface area (Å²) in [6.45, 7) is 7.34. The van der Waals surface area contributed by atoms with Gasteiger partial charge in [-0.05, 0) is 57.9 Å². The molecule has 0 aliphatic rings. The zero-order chi connectivity index (χ0) is 16.0. The molecule has 4 nitrogen and oxygen atoms in total. The Balaban J connectivity index is 2.37. The van der Waals surface area contributed by atoms with Crippen LogP contribution in [0.15, 0.2) is 24.3 Å². The molecule has 116 valence electrons. The minimum absolute atomic E-state index is 0.0198. The molecule has 0 aromatic heterocycles. The predicted octanol–water partition coefficient (Wildman–Crippen LogP) is 3.72. The average molecular weight is 292 g/mol. The molecule has 1 N–H and O–H groups in total. The van der Waals surface area contributed by atoms with Crippen LogP contribution in [0.5, 0.6) is 5.75 Å². The first-order valence-corrected chi connectivity index (χ1v) is 7.24. The van der Waals surface area contributed by atoms with Crippen molar-refractivity contribution in [3.8, 4) is 5.75 Å². The van der Waals surface area contributed by atoms with Gasteiger partial charge in [-0.2, -0.15) is 0 Å². The Hall–Kier alpha value is -1.84. The topological polar surface area (TPSA) is 63.6 Å². The number of Topliss-reactive ketones (excluding diaryl/α,β-unsaturated/α-hetero) is 1. The third-order valence-corrected chi connectivity index (χ3v) is 3.04. The third kappa shape index (κ3) is 6.43. The summed E-state index contributed by atoms with van der Waals surface area (Å²) in [6, 6.07) is 6.21. The molecule has 0 fully saturated rings. The minimum Gasteiger partial charge on any atom is -0.508 e. The third-order valence-electron chi connectivity index (χ3n) is 3.04. The van der Waals surface area contributed by atoms with Crippen LogP contribution in [-0.2, 0) is 9.53 Å². The zero-order valence-electron chi connectivity index (χ0n) is 13.2. The Morgan fingerprint density at radius 3 is 2.29 bits per heavy atom. The molecule has 0 radical (unpaired) electrons. The SMILES string of the molecule is C[C@@H](CCCC(=O)c1ccc(O)cc1)C(=O)OC(C)(C)C. The highest BCUT2D eigenvalue weighted by molar-refractivity contribution is 5.96. The van der Waals surface area contributed by atoms with Gasteiger partial charge in [-0.25, -0.2) is 0 Å². The summed E-state index contributed by atoms with van der Waals surface area (Å²) in [7, 11) is 0. The van der Waals surface area contributed by atoms with Gasteiger partial charge in [0.2, 0.25) is 0 Å². The standard InChI is InChI=1S/C17H24O4/c1-12(16(20)21-17(2,3)4)6-5-7-15(19)13-8-10-14(18)11-9-13/h8-12,18H,5-7H2,1-4H3/t12-/m0/s1. The largest absolute Gasteiger partial charge is 0.508 e. The second-order valence-corrected chi connectivity index (χ2v) is 6.30. The maximum absolute atomic E-state index is 11.9. The normalized spacial score (nSPS) is 12.8. The Bertz CT molecular complexity index is 483. The van der Waals surface area contributed by atoms with Crippen molar-refractivity contribution >= 4 is 11.8 Å². The highest BCUT2D eigenvalue weighted by Crippen LogP contribution is 2.17. The quantitative estimate of drug-likeness (QED) is 0.641. The molecule has 0 aliphatic heterocycles. The van der Waals surface area contributed by atoms with Crippen LogP contribution in [0.1, 0.15) is 57.3 Å². The summed E-state index contributed by atoms with van der Waals surface area (Å²) in [6.07, 6.45) is 1.65. The second kappa shape index (κ2) is 7.25. The average Bonchev–Trinajstić information content (AvgIpc) is 2.37. The lowest BCUT2D eigenvalue weighted by Crippen LogP contribution is -2.27. The van der Waals surface area contributed by atoms with Gasteiger partial charge in [0.05, 0.1) is 5.92 Å². The van der Waals surface area contributed by atoms with Crippen LogP contribution in [0, 0.1) is 5.92 Å². The highest BCUT2D eigenvalue weighted by atomic mass is 16.6. The van der Waals surface area contributed by atoms with E-state index in [2.05, 4.69) is 0 Å². The van der Waals surface area contributed by atoms with Crippen molar-refractivity contribution < 1.29 is 19.4 Å². The lowest BCUT2D eigenvalue weighted by molar-refractivity contribution is -0.159. The summed E-state index contributed by atoms with van der Waals surface area (Å²) in [5.41, 5.74) is 0.102. The smallest absolute Gasteiger partial charge is 0.309 e. The number of ether oxygens (including phenoxy) is 1. The molecule has 1 atom stereocenters. The molecule has 21 heavy (non-hydrogen) atoms. The molecule has 1 aromatic rings. The number of phenols is 1. The molecular weight excluding hydrogens is 268 g/mol. The van der Waals surface area contributed by atoms with Crippen LogP contribution in [-0.4, -0.2) is 22.5 Å². The monoisotopic (exact) mass is 292 g/mol. The molecule has 0 aliphatic carbocycles. The first-order valence-electron chi connectivity index (χ1n) is 7.24. The van der Waals surface area contributed by atoms with E-state index in [1.165, 1.54) is 12.1 Å². The number of esters is 1. The van der Waals surface area contributed by atoms with Gasteiger partial charge in [0.1, 0.15) is 11.4 Å². The number of phenolic OH excluding ortho intramolecular Hbond substituents is 1. The molecule has 1 rings (SSSR count). The van der Waals surface area contributed by atoms with E-state index in [9.17, 15) is 14.7 Å². The van der Waals surface area contributed by atoms with Crippen LogP contribution >= 0.6 is 0 Å². The molecule has 0 bridgehead atoms. The maximum atomic E-state index is 11.9. The summed E-state index contributed by atoms with van der Waals surface area (Å²) in [5, 5.41) is 9.18. The summed E-state index contributed by atoms with van der Waals surface area (Å²) >= 11 is 0. The molecule has 0 saturated carbocycles. The van der Waals surface area contributed by atoms with Gasteiger partial charge in [0.15, 0.2) is 5.78 Å². The van der Waals surface area contributed by atoms with Gasteiger partial charge < -0.3 is 9.84 Å². The van der Waals surface area contributed by atoms with E-state index >= 15 is 0 Å². The Labute approximate surface area is 126 Å². The van der Waals surface area contributed by atoms with Crippen molar-refractivity contribution in [1.29, 1.82) is 0 Å². The number of rotatable bonds is 6. The predicted molar refractivity (Wildman–Crippen MR) is 81.3 cm³/mol. The van der Waals surface area contributed by atoms with Crippen LogP contribution < -0.4 is 0 Å². The van der Waals surface area contributed by atoms with Crippen molar-refractivity contribution in [3.63, 3.8) is 0 Å². The van der Waals surface area contributed by atoms with Gasteiger partial charge in [0.25, 0.3) is 0 Å². The maximum Gasteiger partial charge on any atom is 0.309 e. The van der Waals surface area contributed by atoms with Gasteiger partial charge in [-0.15, -0.1) is 0 Å². The molecule has 0 heterocycles. The molecule has 0 amide bonds. The van der Waals surface area contributed by atoms with Crippen LogP contribution in [0.25, 0.3) is 0 Å².